The van der Waals surface area contributed by atoms with Crippen LogP contribution in [0.4, 0.5) is 0 Å². The fourth-order valence-corrected chi connectivity index (χ4v) is 2.27. The molecule has 88 valence electrons. The van der Waals surface area contributed by atoms with Crippen molar-refractivity contribution in [2.24, 2.45) is 5.73 Å². The second-order valence-corrected chi connectivity index (χ2v) is 4.38. The van der Waals surface area contributed by atoms with Crippen LogP contribution in [0.1, 0.15) is 30.3 Å². The minimum atomic E-state index is -0.124. The van der Waals surface area contributed by atoms with Crippen molar-refractivity contribution in [3.05, 3.63) is 39.9 Å². The lowest BCUT2D eigenvalue weighted by atomic mass is 9.97. The van der Waals surface area contributed by atoms with Gasteiger partial charge in [0, 0.05) is 17.8 Å². The van der Waals surface area contributed by atoms with Crippen molar-refractivity contribution in [3.8, 4) is 11.5 Å². The third-order valence-corrected chi connectivity index (χ3v) is 3.13. The van der Waals surface area contributed by atoms with Crippen LogP contribution in [0.25, 0.3) is 11.5 Å². The molecule has 0 radical (unpaired) electrons. The Morgan fingerprint density at radius 1 is 1.35 bits per heavy atom. The minimum Gasteiger partial charge on any atom is -0.340 e. The highest BCUT2D eigenvalue weighted by atomic mass is 16.1. The molecular weight excluding hydrogens is 216 g/mol. The highest BCUT2D eigenvalue weighted by molar-refractivity contribution is 5.50. The summed E-state index contributed by atoms with van der Waals surface area (Å²) in [5.41, 5.74) is 8.64. The summed E-state index contributed by atoms with van der Waals surface area (Å²) in [5, 5.41) is 0. The van der Waals surface area contributed by atoms with Crippen molar-refractivity contribution in [3.63, 3.8) is 0 Å². The number of nitrogens with one attached hydrogen (secondary N) is 2. The summed E-state index contributed by atoms with van der Waals surface area (Å²) in [6.07, 6.45) is 3.04. The smallest absolute Gasteiger partial charge is 0.248 e. The lowest BCUT2D eigenvalue weighted by molar-refractivity contribution is 0.555. The first-order valence-corrected chi connectivity index (χ1v) is 5.78. The van der Waals surface area contributed by atoms with Crippen LogP contribution in [0.5, 0.6) is 0 Å². The summed E-state index contributed by atoms with van der Waals surface area (Å²) in [7, 11) is 0. The van der Waals surface area contributed by atoms with E-state index in [9.17, 15) is 4.79 Å². The number of H-pyrrole nitrogens is 2. The van der Waals surface area contributed by atoms with Gasteiger partial charge in [-0.05, 0) is 25.3 Å². The molecule has 2 aromatic rings. The molecule has 0 spiro atoms. The molecule has 3 rings (SSSR count). The summed E-state index contributed by atoms with van der Waals surface area (Å²) in [6, 6.07) is 5.05. The number of nitrogens with two attached hydrogens (primary N) is 1. The molecule has 17 heavy (non-hydrogen) atoms. The van der Waals surface area contributed by atoms with Crippen molar-refractivity contribution in [1.82, 2.24) is 15.0 Å². The number of hydrogen-bond donors (Lipinski definition) is 3. The average molecular weight is 230 g/mol. The molecule has 1 aliphatic rings. The Kier molecular flexibility index (Phi) is 2.33. The summed E-state index contributed by atoms with van der Waals surface area (Å²) < 4.78 is 0. The second-order valence-electron chi connectivity index (χ2n) is 4.38. The number of aryl methyl sites for hydroxylation is 1. The molecule has 1 unspecified atom stereocenters. The third kappa shape index (κ3) is 1.78. The molecule has 2 heterocycles. The molecule has 5 heteroatoms. The Bertz CT molecular complexity index is 599. The maximum atomic E-state index is 11.2. The molecule has 0 aromatic carbocycles. The van der Waals surface area contributed by atoms with Gasteiger partial charge < -0.3 is 15.7 Å². The number of hydrogen-bond acceptors (Lipinski definition) is 3. The lowest BCUT2D eigenvalue weighted by Gasteiger charge is -2.15. The zero-order valence-corrected chi connectivity index (χ0v) is 9.36. The number of aromatic amines is 2. The number of pyridine rings is 1. The molecule has 0 saturated carbocycles. The predicted molar refractivity (Wildman–Crippen MR) is 64.5 cm³/mol. The maximum absolute atomic E-state index is 11.2. The van der Waals surface area contributed by atoms with E-state index in [1.165, 1.54) is 6.07 Å². The number of nitrogens with zero attached hydrogens (tertiary/aromatic N) is 1. The first-order chi connectivity index (χ1) is 8.24. The van der Waals surface area contributed by atoms with E-state index in [2.05, 4.69) is 15.0 Å². The third-order valence-electron chi connectivity index (χ3n) is 3.13. The van der Waals surface area contributed by atoms with Gasteiger partial charge in [-0.3, -0.25) is 4.79 Å². The second kappa shape index (κ2) is 3.85. The molecule has 0 fully saturated rings. The number of aromatic nitrogens is 3. The van der Waals surface area contributed by atoms with E-state index in [1.807, 2.05) is 6.07 Å². The zero-order valence-electron chi connectivity index (χ0n) is 9.36. The van der Waals surface area contributed by atoms with Gasteiger partial charge in [-0.1, -0.05) is 6.07 Å². The lowest BCUT2D eigenvalue weighted by Crippen LogP contribution is -2.17. The summed E-state index contributed by atoms with van der Waals surface area (Å²) >= 11 is 0. The maximum Gasteiger partial charge on any atom is 0.248 e. The number of imidazole rings is 1. The predicted octanol–water partition coefficient (Wildman–Crippen LogP) is 1.10. The molecular formula is C12H14N4O. The van der Waals surface area contributed by atoms with Crippen molar-refractivity contribution < 1.29 is 0 Å². The van der Waals surface area contributed by atoms with Gasteiger partial charge in [0.05, 0.1) is 11.4 Å². The van der Waals surface area contributed by atoms with Crippen molar-refractivity contribution in [1.29, 1.82) is 0 Å². The van der Waals surface area contributed by atoms with E-state index in [0.717, 1.165) is 30.7 Å². The minimum absolute atomic E-state index is 0.0131. The van der Waals surface area contributed by atoms with E-state index in [4.69, 9.17) is 5.73 Å². The van der Waals surface area contributed by atoms with Gasteiger partial charge in [-0.25, -0.2) is 4.98 Å². The van der Waals surface area contributed by atoms with Crippen LogP contribution in [0, 0.1) is 0 Å². The molecule has 1 aliphatic carbocycles. The van der Waals surface area contributed by atoms with Crippen molar-refractivity contribution in [2.75, 3.05) is 0 Å². The van der Waals surface area contributed by atoms with Crippen LogP contribution in [-0.2, 0) is 6.42 Å². The zero-order chi connectivity index (χ0) is 11.8. The number of rotatable bonds is 1. The van der Waals surface area contributed by atoms with Gasteiger partial charge in [0.2, 0.25) is 5.56 Å². The van der Waals surface area contributed by atoms with E-state index in [1.54, 1.807) is 6.07 Å². The highest BCUT2D eigenvalue weighted by Gasteiger charge is 2.21. The monoisotopic (exact) mass is 230 g/mol. The van der Waals surface area contributed by atoms with Gasteiger partial charge in [-0.2, -0.15) is 0 Å². The molecule has 0 saturated heterocycles. The Morgan fingerprint density at radius 3 is 3.00 bits per heavy atom. The fourth-order valence-electron chi connectivity index (χ4n) is 2.27. The Balaban J connectivity index is 2.08. The van der Waals surface area contributed by atoms with Crippen molar-refractivity contribution in [2.45, 2.75) is 25.3 Å². The fraction of sp³-hybridized carbons (Fsp3) is 0.333. The van der Waals surface area contributed by atoms with E-state index in [-0.39, 0.29) is 11.6 Å². The normalized spacial score (nSPS) is 19.0. The van der Waals surface area contributed by atoms with Crippen LogP contribution in [0.3, 0.4) is 0 Å². The van der Waals surface area contributed by atoms with Crippen LogP contribution in [0.2, 0.25) is 0 Å². The SMILES string of the molecule is NC1CCCc2[nH]c(-c3cccc(=O)[nH]3)nc21. The van der Waals surface area contributed by atoms with Gasteiger partial charge in [0.15, 0.2) is 5.82 Å². The Hall–Kier alpha value is -1.88. The number of fused-ring (bicyclic) bond motifs is 1. The van der Waals surface area contributed by atoms with Gasteiger partial charge in [0.25, 0.3) is 0 Å². The largest absolute Gasteiger partial charge is 0.340 e. The summed E-state index contributed by atoms with van der Waals surface area (Å²) in [6.45, 7) is 0. The molecule has 0 amide bonds. The van der Waals surface area contributed by atoms with Crippen molar-refractivity contribution >= 4 is 0 Å². The molecule has 5 nitrogen and oxygen atoms in total. The van der Waals surface area contributed by atoms with Crippen LogP contribution < -0.4 is 11.3 Å². The molecule has 0 aliphatic heterocycles. The molecule has 4 N–H and O–H groups in total. The molecule has 2 aromatic heterocycles. The van der Waals surface area contributed by atoms with Crippen LogP contribution in [0.15, 0.2) is 23.0 Å². The Morgan fingerprint density at radius 2 is 2.24 bits per heavy atom. The van der Waals surface area contributed by atoms with E-state index < -0.39 is 0 Å². The highest BCUT2D eigenvalue weighted by Crippen LogP contribution is 2.27. The molecule has 0 bridgehead atoms. The van der Waals surface area contributed by atoms with Gasteiger partial charge in [0.1, 0.15) is 0 Å². The van der Waals surface area contributed by atoms with E-state index in [0.29, 0.717) is 11.5 Å². The van der Waals surface area contributed by atoms with Gasteiger partial charge >= 0.3 is 0 Å². The summed E-state index contributed by atoms with van der Waals surface area (Å²) in [4.78, 5) is 21.7. The first-order valence-electron chi connectivity index (χ1n) is 5.78. The topological polar surface area (TPSA) is 87.6 Å². The van der Waals surface area contributed by atoms with E-state index >= 15 is 0 Å². The Labute approximate surface area is 98.1 Å². The van der Waals surface area contributed by atoms with Gasteiger partial charge in [-0.15, -0.1) is 0 Å². The average Bonchev–Trinajstić information content (AvgIpc) is 2.74. The van der Waals surface area contributed by atoms with Crippen LogP contribution >= 0.6 is 0 Å². The molecule has 1 atom stereocenters. The van der Waals surface area contributed by atoms with Crippen LogP contribution in [-0.4, -0.2) is 15.0 Å². The summed E-state index contributed by atoms with van der Waals surface area (Å²) in [5.74, 6) is 0.699. The quantitative estimate of drug-likeness (QED) is 0.685. The first kappa shape index (κ1) is 10.3. The standard InChI is InChI=1S/C12H14N4O/c13-7-3-1-4-8-11(7)16-12(15-8)9-5-2-6-10(17)14-9/h2,5-7H,1,3-4,13H2,(H,14,17)(H,15,16).